The molecule has 0 amide bonds. The Morgan fingerprint density at radius 3 is 3.12 bits per heavy atom. The van der Waals surface area contributed by atoms with E-state index in [0.29, 0.717) is 5.56 Å². The number of halogens is 1. The van der Waals surface area contributed by atoms with Crippen LogP contribution in [-0.4, -0.2) is 11.7 Å². The van der Waals surface area contributed by atoms with Crippen LogP contribution in [0.4, 0.5) is 4.39 Å². The van der Waals surface area contributed by atoms with Crippen LogP contribution in [-0.2, 0) is 6.42 Å². The summed E-state index contributed by atoms with van der Waals surface area (Å²) in [5.74, 6) is -0.173. The minimum atomic E-state index is -0.276. The van der Waals surface area contributed by atoms with Crippen LogP contribution in [0.15, 0.2) is 29.6 Å². The molecular weight excluding hydrogens is 237 g/mol. The highest BCUT2D eigenvalue weighted by Gasteiger charge is 2.25. The third kappa shape index (κ3) is 1.83. The van der Waals surface area contributed by atoms with E-state index in [-0.39, 0.29) is 17.6 Å². The Morgan fingerprint density at radius 2 is 2.24 bits per heavy atom. The van der Waals surface area contributed by atoms with Crippen LogP contribution < -0.4 is 5.32 Å². The van der Waals surface area contributed by atoms with Crippen LogP contribution in [0.1, 0.15) is 22.0 Å². The fourth-order valence-electron chi connectivity index (χ4n) is 2.25. The first-order chi connectivity index (χ1) is 8.25. The lowest BCUT2D eigenvalue weighted by Crippen LogP contribution is -2.29. The summed E-state index contributed by atoms with van der Waals surface area (Å²) in [7, 11) is 0. The second kappa shape index (κ2) is 4.13. The van der Waals surface area contributed by atoms with Gasteiger partial charge in [-0.05, 0) is 41.6 Å². The molecule has 1 aliphatic heterocycles. The molecule has 17 heavy (non-hydrogen) atoms. The zero-order valence-electron chi connectivity index (χ0n) is 9.11. The van der Waals surface area contributed by atoms with Crippen LogP contribution in [0.25, 0.3) is 0 Å². The summed E-state index contributed by atoms with van der Waals surface area (Å²) >= 11 is 1.63. The molecule has 1 aromatic heterocycles. The summed E-state index contributed by atoms with van der Waals surface area (Å²) in [6, 6.07) is 6.15. The molecule has 3 rings (SSSR count). The number of fused-ring (bicyclic) bond motifs is 1. The number of nitrogens with one attached hydrogen (secondary N) is 1. The van der Waals surface area contributed by atoms with Crippen molar-refractivity contribution >= 4 is 11.3 Å². The van der Waals surface area contributed by atoms with Gasteiger partial charge in [0.15, 0.2) is 0 Å². The maximum atomic E-state index is 13.8. The number of phenolic OH excluding ortho intramolecular Hbond substituents is 1. The van der Waals surface area contributed by atoms with Gasteiger partial charge in [-0.1, -0.05) is 0 Å². The summed E-state index contributed by atoms with van der Waals surface area (Å²) in [6.07, 6.45) is 0.982. The molecule has 0 saturated heterocycles. The Hall–Kier alpha value is -1.39. The molecule has 2 N–H and O–H groups in total. The SMILES string of the molecule is Oc1ccc(F)c(C2NCCc3ccsc32)c1. The van der Waals surface area contributed by atoms with Crippen molar-refractivity contribution in [2.24, 2.45) is 0 Å². The highest BCUT2D eigenvalue weighted by atomic mass is 32.1. The second-order valence-electron chi connectivity index (χ2n) is 4.15. The lowest BCUT2D eigenvalue weighted by atomic mass is 9.97. The fraction of sp³-hybridized carbons (Fsp3) is 0.231. The molecule has 0 aliphatic carbocycles. The molecule has 2 heterocycles. The van der Waals surface area contributed by atoms with E-state index in [0.717, 1.165) is 17.8 Å². The van der Waals surface area contributed by atoms with Crippen molar-refractivity contribution in [2.45, 2.75) is 12.5 Å². The number of rotatable bonds is 1. The largest absolute Gasteiger partial charge is 0.508 e. The lowest BCUT2D eigenvalue weighted by Gasteiger charge is -2.24. The minimum Gasteiger partial charge on any atom is -0.508 e. The van der Waals surface area contributed by atoms with Crippen molar-refractivity contribution in [3.8, 4) is 5.75 Å². The maximum absolute atomic E-state index is 13.8. The zero-order valence-corrected chi connectivity index (χ0v) is 9.93. The van der Waals surface area contributed by atoms with E-state index in [4.69, 9.17) is 0 Å². The van der Waals surface area contributed by atoms with Gasteiger partial charge in [0.05, 0.1) is 6.04 Å². The number of hydrogen-bond acceptors (Lipinski definition) is 3. The first-order valence-corrected chi connectivity index (χ1v) is 6.42. The molecule has 0 bridgehead atoms. The molecule has 1 unspecified atom stereocenters. The van der Waals surface area contributed by atoms with Gasteiger partial charge in [0.1, 0.15) is 11.6 Å². The first kappa shape index (κ1) is 10.7. The Morgan fingerprint density at radius 1 is 1.35 bits per heavy atom. The van der Waals surface area contributed by atoms with E-state index in [1.54, 1.807) is 11.3 Å². The molecule has 0 saturated carbocycles. The van der Waals surface area contributed by atoms with Gasteiger partial charge in [0, 0.05) is 17.0 Å². The van der Waals surface area contributed by atoms with Crippen molar-refractivity contribution in [2.75, 3.05) is 6.54 Å². The van der Waals surface area contributed by atoms with Crippen LogP contribution >= 0.6 is 11.3 Å². The zero-order chi connectivity index (χ0) is 11.8. The molecule has 0 radical (unpaired) electrons. The molecule has 2 aromatic rings. The first-order valence-electron chi connectivity index (χ1n) is 5.54. The monoisotopic (exact) mass is 249 g/mol. The van der Waals surface area contributed by atoms with E-state index in [1.165, 1.54) is 23.8 Å². The predicted molar refractivity (Wildman–Crippen MR) is 65.9 cm³/mol. The predicted octanol–water partition coefficient (Wildman–Crippen LogP) is 2.83. The van der Waals surface area contributed by atoms with Crippen molar-refractivity contribution < 1.29 is 9.50 Å². The standard InChI is InChI=1S/C13H12FNOS/c14-11-2-1-9(16)7-10(11)12-13-8(3-5-15-12)4-6-17-13/h1-2,4,6-7,12,15-16H,3,5H2. The fourth-order valence-corrected chi connectivity index (χ4v) is 3.30. The molecule has 1 aliphatic rings. The van der Waals surface area contributed by atoms with Crippen molar-refractivity contribution in [1.29, 1.82) is 0 Å². The third-order valence-electron chi connectivity index (χ3n) is 3.08. The Labute approximate surface area is 103 Å². The highest BCUT2D eigenvalue weighted by Crippen LogP contribution is 2.35. The number of phenols is 1. The highest BCUT2D eigenvalue weighted by molar-refractivity contribution is 7.10. The summed E-state index contributed by atoms with van der Waals surface area (Å²) in [5.41, 5.74) is 1.80. The average Bonchev–Trinajstić information content (AvgIpc) is 2.80. The van der Waals surface area contributed by atoms with Gasteiger partial charge in [-0.3, -0.25) is 0 Å². The normalized spacial score (nSPS) is 19.0. The second-order valence-corrected chi connectivity index (χ2v) is 5.10. The quantitative estimate of drug-likeness (QED) is 0.814. The van der Waals surface area contributed by atoms with Crippen molar-refractivity contribution in [3.63, 3.8) is 0 Å². The van der Waals surface area contributed by atoms with Gasteiger partial charge in [-0.15, -0.1) is 11.3 Å². The van der Waals surface area contributed by atoms with Gasteiger partial charge < -0.3 is 10.4 Å². The average molecular weight is 249 g/mol. The van der Waals surface area contributed by atoms with E-state index < -0.39 is 0 Å². The third-order valence-corrected chi connectivity index (χ3v) is 4.10. The topological polar surface area (TPSA) is 32.3 Å². The van der Waals surface area contributed by atoms with Gasteiger partial charge in [-0.2, -0.15) is 0 Å². The van der Waals surface area contributed by atoms with E-state index in [9.17, 15) is 9.50 Å². The number of thiophene rings is 1. The summed E-state index contributed by atoms with van der Waals surface area (Å²) < 4.78 is 13.8. The van der Waals surface area contributed by atoms with Crippen molar-refractivity contribution in [3.05, 3.63) is 51.5 Å². The smallest absolute Gasteiger partial charge is 0.128 e. The van der Waals surface area contributed by atoms with Crippen LogP contribution in [0.5, 0.6) is 5.75 Å². The number of benzene rings is 1. The number of hydrogen-bond donors (Lipinski definition) is 2. The molecule has 1 atom stereocenters. The van der Waals surface area contributed by atoms with Gasteiger partial charge in [0.2, 0.25) is 0 Å². The summed E-state index contributed by atoms with van der Waals surface area (Å²) in [6.45, 7) is 0.837. The van der Waals surface area contributed by atoms with Gasteiger partial charge in [-0.25, -0.2) is 4.39 Å². The maximum Gasteiger partial charge on any atom is 0.128 e. The molecule has 2 nitrogen and oxygen atoms in total. The van der Waals surface area contributed by atoms with Crippen molar-refractivity contribution in [1.82, 2.24) is 5.32 Å². The molecule has 1 aromatic carbocycles. The van der Waals surface area contributed by atoms with E-state index in [1.807, 2.05) is 5.38 Å². The molecule has 88 valence electrons. The molecule has 4 heteroatoms. The van der Waals surface area contributed by atoms with E-state index >= 15 is 0 Å². The Kier molecular flexibility index (Phi) is 2.61. The Balaban J connectivity index is 2.09. The van der Waals surface area contributed by atoms with E-state index in [2.05, 4.69) is 11.4 Å². The summed E-state index contributed by atoms with van der Waals surface area (Å²) in [5, 5.41) is 14.8. The van der Waals surface area contributed by atoms with Crippen LogP contribution in [0.3, 0.4) is 0 Å². The van der Waals surface area contributed by atoms with Crippen LogP contribution in [0.2, 0.25) is 0 Å². The van der Waals surface area contributed by atoms with Gasteiger partial charge in [0.25, 0.3) is 0 Å². The number of aromatic hydroxyl groups is 1. The summed E-state index contributed by atoms with van der Waals surface area (Å²) in [4.78, 5) is 1.15. The molecule has 0 fully saturated rings. The minimum absolute atomic E-state index is 0.104. The van der Waals surface area contributed by atoms with Crippen LogP contribution in [0, 0.1) is 5.82 Å². The Bertz CT molecular complexity index is 552. The van der Waals surface area contributed by atoms with Gasteiger partial charge >= 0.3 is 0 Å². The molecule has 0 spiro atoms. The lowest BCUT2D eigenvalue weighted by molar-refractivity contribution is 0.466. The molecular formula is C13H12FNOS.